The van der Waals surface area contributed by atoms with Crippen LogP contribution in [0.2, 0.25) is 0 Å². The summed E-state index contributed by atoms with van der Waals surface area (Å²) in [4.78, 5) is 1.96. The highest BCUT2D eigenvalue weighted by molar-refractivity contribution is 6.21. The summed E-state index contributed by atoms with van der Waals surface area (Å²) in [6.45, 7) is 3.26. The number of halogens is 1. The fourth-order valence-corrected chi connectivity index (χ4v) is 2.29. The highest BCUT2D eigenvalue weighted by atomic mass is 35.5. The Hall–Kier alpha value is 0.130. The molecule has 1 rings (SSSR count). The van der Waals surface area contributed by atoms with E-state index in [2.05, 4.69) is 6.92 Å². The van der Waals surface area contributed by atoms with E-state index in [1.807, 2.05) is 4.90 Å². The molecule has 15 heavy (non-hydrogen) atoms. The predicted molar refractivity (Wildman–Crippen MR) is 59.0 cm³/mol. The Balaban J connectivity index is 2.60. The van der Waals surface area contributed by atoms with Gasteiger partial charge in [0.15, 0.2) is 0 Å². The molecule has 0 bridgehead atoms. The number of rotatable bonds is 4. The van der Waals surface area contributed by atoms with E-state index in [1.54, 1.807) is 0 Å². The average molecular weight is 238 g/mol. The molecule has 1 aliphatic rings. The van der Waals surface area contributed by atoms with Gasteiger partial charge in [-0.05, 0) is 13.0 Å². The Labute approximate surface area is 95.5 Å². The lowest BCUT2D eigenvalue weighted by Crippen LogP contribution is -2.61. The smallest absolute Gasteiger partial charge is 0.0991 e. The van der Waals surface area contributed by atoms with Crippen molar-refractivity contribution >= 4 is 11.6 Å². The zero-order valence-electron chi connectivity index (χ0n) is 9.01. The van der Waals surface area contributed by atoms with E-state index in [9.17, 15) is 15.3 Å². The van der Waals surface area contributed by atoms with Crippen LogP contribution in [0.15, 0.2) is 0 Å². The fraction of sp³-hybridized carbons (Fsp3) is 1.00. The number of hydrogen-bond acceptors (Lipinski definition) is 4. The maximum Gasteiger partial charge on any atom is 0.0991 e. The van der Waals surface area contributed by atoms with Crippen molar-refractivity contribution in [1.29, 1.82) is 0 Å². The van der Waals surface area contributed by atoms with Gasteiger partial charge in [-0.15, -0.1) is 11.6 Å². The van der Waals surface area contributed by atoms with Crippen molar-refractivity contribution in [2.24, 2.45) is 0 Å². The zero-order valence-corrected chi connectivity index (χ0v) is 9.77. The minimum absolute atomic E-state index is 0.147. The third-order valence-corrected chi connectivity index (χ3v) is 3.37. The number of likely N-dealkylation sites (tertiary alicyclic amines) is 1. The third kappa shape index (κ3) is 3.04. The lowest BCUT2D eigenvalue weighted by atomic mass is 9.96. The van der Waals surface area contributed by atoms with Gasteiger partial charge >= 0.3 is 0 Å². The summed E-state index contributed by atoms with van der Waals surface area (Å²) in [5.41, 5.74) is 0. The molecule has 1 unspecified atom stereocenters. The lowest BCUT2D eigenvalue weighted by Gasteiger charge is -2.43. The molecule has 4 atom stereocenters. The first-order valence-electron chi connectivity index (χ1n) is 5.47. The maximum atomic E-state index is 9.74. The number of hydrogen-bond donors (Lipinski definition) is 3. The van der Waals surface area contributed by atoms with Crippen LogP contribution < -0.4 is 0 Å². The Morgan fingerprint density at radius 3 is 2.53 bits per heavy atom. The van der Waals surface area contributed by atoms with Gasteiger partial charge in [0, 0.05) is 6.54 Å². The second kappa shape index (κ2) is 6.01. The van der Waals surface area contributed by atoms with Crippen LogP contribution in [0.4, 0.5) is 0 Å². The van der Waals surface area contributed by atoms with Gasteiger partial charge in [-0.3, -0.25) is 4.90 Å². The maximum absolute atomic E-state index is 9.74. The molecule has 1 aliphatic heterocycles. The van der Waals surface area contributed by atoms with Gasteiger partial charge in [0.25, 0.3) is 0 Å². The summed E-state index contributed by atoms with van der Waals surface area (Å²) in [7, 11) is 0. The fourth-order valence-electron chi connectivity index (χ4n) is 1.97. The predicted octanol–water partition coefficient (Wildman–Crippen LogP) is -0.208. The number of aliphatic hydroxyl groups is 3. The van der Waals surface area contributed by atoms with Crippen LogP contribution in [0.1, 0.15) is 19.8 Å². The summed E-state index contributed by atoms with van der Waals surface area (Å²) in [6, 6.07) is -0.387. The Morgan fingerprint density at radius 1 is 1.33 bits per heavy atom. The third-order valence-electron chi connectivity index (χ3n) is 2.98. The molecule has 4 nitrogen and oxygen atoms in total. The second-order valence-corrected chi connectivity index (χ2v) is 4.66. The molecule has 5 heteroatoms. The van der Waals surface area contributed by atoms with Crippen molar-refractivity contribution in [3.63, 3.8) is 0 Å². The molecule has 0 amide bonds. The van der Waals surface area contributed by atoms with E-state index >= 15 is 0 Å². The lowest BCUT2D eigenvalue weighted by molar-refractivity contribution is -0.0870. The molecule has 0 aromatic rings. The minimum Gasteiger partial charge on any atom is -0.395 e. The van der Waals surface area contributed by atoms with Gasteiger partial charge in [0.05, 0.1) is 30.2 Å². The molecule has 0 saturated carbocycles. The molecule has 1 fully saturated rings. The van der Waals surface area contributed by atoms with E-state index in [1.165, 1.54) is 0 Å². The molecule has 0 aliphatic carbocycles. The monoisotopic (exact) mass is 237 g/mol. The molecule has 90 valence electrons. The largest absolute Gasteiger partial charge is 0.395 e. The number of piperidine rings is 1. The Kier molecular flexibility index (Phi) is 5.29. The van der Waals surface area contributed by atoms with Gasteiger partial charge in [-0.25, -0.2) is 0 Å². The summed E-state index contributed by atoms with van der Waals surface area (Å²) >= 11 is 5.92. The Bertz CT molecular complexity index is 194. The molecule has 1 saturated heterocycles. The first-order chi connectivity index (χ1) is 7.11. The van der Waals surface area contributed by atoms with Gasteiger partial charge in [-0.1, -0.05) is 13.3 Å². The first-order valence-corrected chi connectivity index (χ1v) is 5.90. The molecule has 0 radical (unpaired) electrons. The Morgan fingerprint density at radius 2 is 2.00 bits per heavy atom. The van der Waals surface area contributed by atoms with Crippen LogP contribution >= 0.6 is 11.6 Å². The molecule has 3 N–H and O–H groups in total. The van der Waals surface area contributed by atoms with Crippen LogP contribution in [0.25, 0.3) is 0 Å². The van der Waals surface area contributed by atoms with Gasteiger partial charge in [-0.2, -0.15) is 0 Å². The van der Waals surface area contributed by atoms with E-state index in [0.717, 1.165) is 19.4 Å². The van der Waals surface area contributed by atoms with Gasteiger partial charge in [0.2, 0.25) is 0 Å². The average Bonchev–Trinajstić information content (AvgIpc) is 2.23. The van der Waals surface area contributed by atoms with Crippen LogP contribution in [0.3, 0.4) is 0 Å². The first kappa shape index (κ1) is 13.2. The highest BCUT2D eigenvalue weighted by Crippen LogP contribution is 2.22. The molecular formula is C10H20ClNO3. The summed E-state index contributed by atoms with van der Waals surface area (Å²) in [5.74, 6) is 0. The van der Waals surface area contributed by atoms with Crippen molar-refractivity contribution < 1.29 is 15.3 Å². The summed E-state index contributed by atoms with van der Waals surface area (Å²) in [5, 5.41) is 28.0. The molecule has 0 aromatic heterocycles. The highest BCUT2D eigenvalue weighted by Gasteiger charge is 2.40. The molecule has 0 aromatic carbocycles. The number of aliphatic hydroxyl groups excluding tert-OH is 3. The SMILES string of the molecule is CCCCN1C[C@H](Cl)[C@@H](O)[C@H](O)C1CO. The molecule has 1 heterocycles. The van der Waals surface area contributed by atoms with Crippen molar-refractivity contribution in [3.05, 3.63) is 0 Å². The van der Waals surface area contributed by atoms with Crippen molar-refractivity contribution in [2.45, 2.75) is 43.4 Å². The number of nitrogens with zero attached hydrogens (tertiary/aromatic N) is 1. The second-order valence-electron chi connectivity index (χ2n) is 4.10. The minimum atomic E-state index is -0.955. The van der Waals surface area contributed by atoms with Crippen molar-refractivity contribution in [3.8, 4) is 0 Å². The number of alkyl halides is 1. The van der Waals surface area contributed by atoms with Crippen LogP contribution in [-0.4, -0.2) is 63.5 Å². The summed E-state index contributed by atoms with van der Waals surface area (Å²) in [6.07, 6.45) is 0.160. The van der Waals surface area contributed by atoms with Crippen molar-refractivity contribution in [2.75, 3.05) is 19.7 Å². The quantitative estimate of drug-likeness (QED) is 0.593. The van der Waals surface area contributed by atoms with E-state index < -0.39 is 17.6 Å². The standard InChI is InChI=1S/C10H20ClNO3/c1-2-3-4-12-5-7(11)9(14)10(15)8(12)6-13/h7-10,13-15H,2-6H2,1H3/t7-,8?,9+,10+/m0/s1. The zero-order chi connectivity index (χ0) is 11.4. The molecule has 0 spiro atoms. The number of unbranched alkanes of at least 4 members (excludes halogenated alkanes) is 1. The topological polar surface area (TPSA) is 63.9 Å². The summed E-state index contributed by atoms with van der Waals surface area (Å²) < 4.78 is 0. The van der Waals surface area contributed by atoms with Gasteiger partial charge in [0.1, 0.15) is 0 Å². The van der Waals surface area contributed by atoms with Crippen LogP contribution in [-0.2, 0) is 0 Å². The van der Waals surface area contributed by atoms with Crippen LogP contribution in [0, 0.1) is 0 Å². The van der Waals surface area contributed by atoms with Crippen molar-refractivity contribution in [1.82, 2.24) is 4.90 Å². The van der Waals surface area contributed by atoms with E-state index in [0.29, 0.717) is 6.54 Å². The van der Waals surface area contributed by atoms with Crippen LogP contribution in [0.5, 0.6) is 0 Å². The molecular weight excluding hydrogens is 218 g/mol. The van der Waals surface area contributed by atoms with Gasteiger partial charge < -0.3 is 15.3 Å². The van der Waals surface area contributed by atoms with E-state index in [-0.39, 0.29) is 12.6 Å². The normalized spacial score (nSPS) is 38.2. The van der Waals surface area contributed by atoms with E-state index in [4.69, 9.17) is 11.6 Å².